The number of nitrogens with zero attached hydrogens (tertiary/aromatic N) is 1. The van der Waals surface area contributed by atoms with E-state index in [-0.39, 0.29) is 17.2 Å². The molecular formula is C16H23F3N2O. The molecule has 0 saturated carbocycles. The Morgan fingerprint density at radius 3 is 2.23 bits per heavy atom. The molecule has 0 amide bonds. The van der Waals surface area contributed by atoms with Crippen molar-refractivity contribution >= 4 is 0 Å². The van der Waals surface area contributed by atoms with Crippen molar-refractivity contribution in [2.24, 2.45) is 5.41 Å². The Balaban J connectivity index is 2.47. The minimum atomic E-state index is -4.41. The van der Waals surface area contributed by atoms with Crippen LogP contribution in [0.1, 0.15) is 37.9 Å². The lowest BCUT2D eigenvalue weighted by Crippen LogP contribution is -2.48. The quantitative estimate of drug-likeness (QED) is 0.878. The van der Waals surface area contributed by atoms with E-state index in [0.717, 1.165) is 44.4 Å². The van der Waals surface area contributed by atoms with Crippen LogP contribution in [-0.4, -0.2) is 36.2 Å². The lowest BCUT2D eigenvalue weighted by molar-refractivity contribution is -0.137. The topological polar surface area (TPSA) is 35.5 Å². The third kappa shape index (κ3) is 3.73. The predicted molar refractivity (Wildman–Crippen MR) is 79.7 cm³/mol. The summed E-state index contributed by atoms with van der Waals surface area (Å²) in [6.07, 6.45) is -4.41. The number of aromatic hydroxyl groups is 1. The molecule has 6 heteroatoms. The molecular weight excluding hydrogens is 293 g/mol. The van der Waals surface area contributed by atoms with E-state index in [2.05, 4.69) is 10.2 Å². The Morgan fingerprint density at radius 2 is 1.73 bits per heavy atom. The molecule has 2 N–H and O–H groups in total. The molecule has 1 aliphatic heterocycles. The fourth-order valence-corrected chi connectivity index (χ4v) is 3.10. The van der Waals surface area contributed by atoms with E-state index in [1.165, 1.54) is 0 Å². The van der Waals surface area contributed by atoms with Gasteiger partial charge in [0.15, 0.2) is 0 Å². The minimum Gasteiger partial charge on any atom is -0.508 e. The van der Waals surface area contributed by atoms with Gasteiger partial charge >= 0.3 is 6.18 Å². The van der Waals surface area contributed by atoms with Crippen molar-refractivity contribution in [3.05, 3.63) is 29.3 Å². The number of phenolic OH excluding ortho intramolecular Hbond substituents is 1. The van der Waals surface area contributed by atoms with Gasteiger partial charge in [-0.25, -0.2) is 0 Å². The molecule has 1 aromatic carbocycles. The molecule has 2 rings (SSSR count). The number of nitrogens with one attached hydrogen (secondary N) is 1. The number of hydrogen-bond donors (Lipinski definition) is 2. The van der Waals surface area contributed by atoms with Crippen LogP contribution in [0.2, 0.25) is 0 Å². The summed E-state index contributed by atoms with van der Waals surface area (Å²) in [6, 6.07) is 2.90. The summed E-state index contributed by atoms with van der Waals surface area (Å²) in [6.45, 7) is 9.05. The van der Waals surface area contributed by atoms with Gasteiger partial charge < -0.3 is 10.4 Å². The standard InChI is InChI=1S/C16H23F3N2O/c1-15(2,3)14(21-8-6-20-7-9-21)12-10-11(16(17,18)19)4-5-13(12)22/h4-5,10,14,20,22H,6-9H2,1-3H3/t14-/m1/s1. The van der Waals surface area contributed by atoms with Crippen LogP contribution in [0.15, 0.2) is 18.2 Å². The van der Waals surface area contributed by atoms with E-state index in [1.54, 1.807) is 0 Å². The maximum absolute atomic E-state index is 13.0. The summed E-state index contributed by atoms with van der Waals surface area (Å²) in [7, 11) is 0. The van der Waals surface area contributed by atoms with Crippen LogP contribution in [0.25, 0.3) is 0 Å². The van der Waals surface area contributed by atoms with E-state index in [4.69, 9.17) is 0 Å². The molecule has 0 radical (unpaired) electrons. The van der Waals surface area contributed by atoms with Gasteiger partial charge in [-0.05, 0) is 23.6 Å². The lowest BCUT2D eigenvalue weighted by Gasteiger charge is -2.43. The SMILES string of the molecule is CC(C)(C)[C@@H](c1cc(C(F)(F)F)ccc1O)N1CCNCC1. The first-order valence-electron chi connectivity index (χ1n) is 7.45. The fraction of sp³-hybridized carbons (Fsp3) is 0.625. The van der Waals surface area contributed by atoms with Gasteiger partial charge in [0.25, 0.3) is 0 Å². The molecule has 3 nitrogen and oxygen atoms in total. The largest absolute Gasteiger partial charge is 0.508 e. The Hall–Kier alpha value is -1.27. The zero-order valence-corrected chi connectivity index (χ0v) is 13.2. The number of halogens is 3. The van der Waals surface area contributed by atoms with Gasteiger partial charge in [0.05, 0.1) is 5.56 Å². The van der Waals surface area contributed by atoms with E-state index in [1.807, 2.05) is 20.8 Å². The number of piperazine rings is 1. The van der Waals surface area contributed by atoms with E-state index in [0.29, 0.717) is 5.56 Å². The highest BCUT2D eigenvalue weighted by Crippen LogP contribution is 2.43. The second-order valence-electron chi connectivity index (χ2n) is 6.83. The normalized spacial score (nSPS) is 19.2. The highest BCUT2D eigenvalue weighted by Gasteiger charge is 2.37. The van der Waals surface area contributed by atoms with Crippen LogP contribution >= 0.6 is 0 Å². The van der Waals surface area contributed by atoms with Crippen LogP contribution in [0.4, 0.5) is 13.2 Å². The third-order valence-corrected chi connectivity index (χ3v) is 3.99. The summed E-state index contributed by atoms with van der Waals surface area (Å²) in [4.78, 5) is 2.14. The van der Waals surface area contributed by atoms with Crippen molar-refractivity contribution in [1.82, 2.24) is 10.2 Å². The minimum absolute atomic E-state index is 0.0774. The number of rotatable bonds is 2. The second-order valence-corrected chi connectivity index (χ2v) is 6.83. The Labute approximate surface area is 129 Å². The molecule has 0 unspecified atom stereocenters. The predicted octanol–water partition coefficient (Wildman–Crippen LogP) is 3.40. The number of phenols is 1. The van der Waals surface area contributed by atoms with Gasteiger partial charge in [-0.3, -0.25) is 4.90 Å². The molecule has 0 bridgehead atoms. The van der Waals surface area contributed by atoms with E-state index < -0.39 is 11.7 Å². The molecule has 0 spiro atoms. The maximum atomic E-state index is 13.0. The fourth-order valence-electron chi connectivity index (χ4n) is 3.10. The van der Waals surface area contributed by atoms with Gasteiger partial charge in [0.1, 0.15) is 5.75 Å². The van der Waals surface area contributed by atoms with Crippen molar-refractivity contribution in [1.29, 1.82) is 0 Å². The average Bonchev–Trinajstić information content (AvgIpc) is 2.39. The van der Waals surface area contributed by atoms with Gasteiger partial charge in [-0.1, -0.05) is 20.8 Å². The van der Waals surface area contributed by atoms with Gasteiger partial charge in [0.2, 0.25) is 0 Å². The summed E-state index contributed by atoms with van der Waals surface area (Å²) < 4.78 is 39.0. The first-order chi connectivity index (χ1) is 10.1. The van der Waals surface area contributed by atoms with E-state index in [9.17, 15) is 18.3 Å². The molecule has 1 saturated heterocycles. The van der Waals surface area contributed by atoms with Crippen LogP contribution in [0, 0.1) is 5.41 Å². The van der Waals surface area contributed by atoms with Crippen LogP contribution < -0.4 is 5.32 Å². The molecule has 124 valence electrons. The van der Waals surface area contributed by atoms with Gasteiger partial charge in [0, 0.05) is 37.8 Å². The van der Waals surface area contributed by atoms with Gasteiger partial charge in [-0.15, -0.1) is 0 Å². The first kappa shape index (κ1) is 17.1. The number of benzene rings is 1. The Bertz CT molecular complexity index is 517. The second kappa shape index (κ2) is 6.08. The number of alkyl halides is 3. The molecule has 22 heavy (non-hydrogen) atoms. The molecule has 1 aliphatic rings. The average molecular weight is 316 g/mol. The van der Waals surface area contributed by atoms with Crippen LogP contribution in [0.3, 0.4) is 0 Å². The highest BCUT2D eigenvalue weighted by atomic mass is 19.4. The van der Waals surface area contributed by atoms with Gasteiger partial charge in [-0.2, -0.15) is 13.2 Å². The molecule has 1 heterocycles. The van der Waals surface area contributed by atoms with Crippen molar-refractivity contribution in [3.63, 3.8) is 0 Å². The highest BCUT2D eigenvalue weighted by molar-refractivity contribution is 5.40. The van der Waals surface area contributed by atoms with Crippen LogP contribution in [-0.2, 0) is 6.18 Å². The van der Waals surface area contributed by atoms with E-state index >= 15 is 0 Å². The first-order valence-corrected chi connectivity index (χ1v) is 7.45. The number of hydrogen-bond acceptors (Lipinski definition) is 3. The molecule has 1 aromatic rings. The molecule has 1 fully saturated rings. The summed E-state index contributed by atoms with van der Waals surface area (Å²) >= 11 is 0. The molecule has 1 atom stereocenters. The van der Waals surface area contributed by atoms with Crippen LogP contribution in [0.5, 0.6) is 5.75 Å². The molecule has 0 aromatic heterocycles. The monoisotopic (exact) mass is 316 g/mol. The van der Waals surface area contributed by atoms with Crippen molar-refractivity contribution in [3.8, 4) is 5.75 Å². The maximum Gasteiger partial charge on any atom is 0.416 e. The van der Waals surface area contributed by atoms with Crippen molar-refractivity contribution in [2.75, 3.05) is 26.2 Å². The molecule has 0 aliphatic carbocycles. The third-order valence-electron chi connectivity index (χ3n) is 3.99. The summed E-state index contributed by atoms with van der Waals surface area (Å²) in [5.74, 6) is -0.0774. The summed E-state index contributed by atoms with van der Waals surface area (Å²) in [5.41, 5.74) is -0.659. The van der Waals surface area contributed by atoms with Crippen molar-refractivity contribution < 1.29 is 18.3 Å². The zero-order valence-electron chi connectivity index (χ0n) is 13.2. The Morgan fingerprint density at radius 1 is 1.14 bits per heavy atom. The Kier molecular flexibility index (Phi) is 4.73. The smallest absolute Gasteiger partial charge is 0.416 e. The van der Waals surface area contributed by atoms with Crippen molar-refractivity contribution in [2.45, 2.75) is 33.0 Å². The summed E-state index contributed by atoms with van der Waals surface area (Å²) in [5, 5.41) is 13.4. The zero-order chi connectivity index (χ0) is 16.5. The lowest BCUT2D eigenvalue weighted by atomic mass is 9.80.